The highest BCUT2D eigenvalue weighted by molar-refractivity contribution is 8.01. The second-order valence-electron chi connectivity index (χ2n) is 5.22. The van der Waals surface area contributed by atoms with E-state index in [9.17, 15) is 9.59 Å². The highest BCUT2D eigenvalue weighted by Crippen LogP contribution is 2.40. The second kappa shape index (κ2) is 5.51. The largest absolute Gasteiger partial charge is 0.467 e. The zero-order valence-corrected chi connectivity index (χ0v) is 11.9. The Kier molecular flexibility index (Phi) is 4.20. The lowest BCUT2D eigenvalue weighted by molar-refractivity contribution is -0.155. The number of piperidine rings is 1. The molecule has 2 atom stereocenters. The molecule has 0 radical (unpaired) electrons. The zero-order valence-electron chi connectivity index (χ0n) is 11.1. The van der Waals surface area contributed by atoms with E-state index in [2.05, 4.69) is 0 Å². The summed E-state index contributed by atoms with van der Waals surface area (Å²) in [6.07, 6.45) is 4.72. The Morgan fingerprint density at radius 1 is 1.33 bits per heavy atom. The van der Waals surface area contributed by atoms with Gasteiger partial charge in [-0.15, -0.1) is 11.8 Å². The molecule has 0 spiro atoms. The number of rotatable bonds is 2. The molecule has 5 heteroatoms. The third kappa shape index (κ3) is 2.51. The molecule has 2 saturated heterocycles. The number of amides is 1. The van der Waals surface area contributed by atoms with Crippen LogP contribution in [0.3, 0.4) is 0 Å². The summed E-state index contributed by atoms with van der Waals surface area (Å²) in [4.78, 5) is 26.2. The number of hydrogen-bond donors (Lipinski definition) is 0. The van der Waals surface area contributed by atoms with Crippen molar-refractivity contribution < 1.29 is 14.3 Å². The maximum atomic E-state index is 12.7. The minimum atomic E-state index is -0.366. The maximum Gasteiger partial charge on any atom is 0.328 e. The molecule has 0 bridgehead atoms. The van der Waals surface area contributed by atoms with E-state index < -0.39 is 0 Å². The van der Waals surface area contributed by atoms with E-state index in [1.807, 2.05) is 6.92 Å². The Morgan fingerprint density at radius 3 is 2.72 bits per heavy atom. The fourth-order valence-corrected chi connectivity index (χ4v) is 4.08. The molecule has 0 N–H and O–H groups in total. The van der Waals surface area contributed by atoms with E-state index >= 15 is 0 Å². The molecular formula is C13H21NO3S. The van der Waals surface area contributed by atoms with Crippen molar-refractivity contribution in [3.05, 3.63) is 0 Å². The molecule has 2 heterocycles. The lowest BCUT2D eigenvalue weighted by atomic mass is 9.97. The predicted molar refractivity (Wildman–Crippen MR) is 71.5 cm³/mol. The second-order valence-corrected chi connectivity index (χ2v) is 6.81. The normalized spacial score (nSPS) is 32.3. The van der Waals surface area contributed by atoms with Gasteiger partial charge in [0.2, 0.25) is 5.91 Å². The van der Waals surface area contributed by atoms with E-state index in [-0.39, 0.29) is 22.7 Å². The smallest absolute Gasteiger partial charge is 0.328 e. The Balaban J connectivity index is 2.13. The number of carbonyl (C=O) groups excluding carboxylic acids is 2. The molecular weight excluding hydrogens is 250 g/mol. The van der Waals surface area contributed by atoms with E-state index in [1.165, 1.54) is 7.11 Å². The number of ether oxygens (including phenoxy) is 1. The molecule has 2 rings (SSSR count). The quantitative estimate of drug-likeness (QED) is 0.719. The van der Waals surface area contributed by atoms with Crippen LogP contribution in [0.15, 0.2) is 0 Å². The molecule has 2 fully saturated rings. The fourth-order valence-electron chi connectivity index (χ4n) is 2.81. The van der Waals surface area contributed by atoms with Crippen LogP contribution in [0.4, 0.5) is 0 Å². The van der Waals surface area contributed by atoms with Crippen molar-refractivity contribution in [1.82, 2.24) is 4.90 Å². The molecule has 1 amide bonds. The van der Waals surface area contributed by atoms with Crippen LogP contribution in [0.2, 0.25) is 0 Å². The Morgan fingerprint density at radius 2 is 2.11 bits per heavy atom. The molecule has 102 valence electrons. The predicted octanol–water partition coefficient (Wildman–Crippen LogP) is 1.83. The van der Waals surface area contributed by atoms with Crippen LogP contribution in [-0.4, -0.2) is 47.0 Å². The van der Waals surface area contributed by atoms with E-state index in [1.54, 1.807) is 16.7 Å². The number of thioether (sulfide) groups is 1. The number of hydrogen-bond acceptors (Lipinski definition) is 4. The van der Waals surface area contributed by atoms with Crippen molar-refractivity contribution in [3.63, 3.8) is 0 Å². The minimum absolute atomic E-state index is 0.125. The Hall–Kier alpha value is -0.710. The topological polar surface area (TPSA) is 46.6 Å². The first-order chi connectivity index (χ1) is 8.58. The molecule has 2 aliphatic heterocycles. The molecule has 18 heavy (non-hydrogen) atoms. The molecule has 0 aromatic heterocycles. The summed E-state index contributed by atoms with van der Waals surface area (Å²) in [7, 11) is 1.39. The summed E-state index contributed by atoms with van der Waals surface area (Å²) in [6.45, 7) is 2.70. The monoisotopic (exact) mass is 271 g/mol. The summed E-state index contributed by atoms with van der Waals surface area (Å²) < 4.78 is 4.50. The number of methoxy groups -OCH3 is 1. The van der Waals surface area contributed by atoms with Gasteiger partial charge in [-0.1, -0.05) is 0 Å². The SMILES string of the molecule is COC(=O)[C@H]1CCCCN1C(=O)C1(C)CCCS1. The minimum Gasteiger partial charge on any atom is -0.467 e. The lowest BCUT2D eigenvalue weighted by Gasteiger charge is -2.38. The van der Waals surface area contributed by atoms with Crippen LogP contribution in [0, 0.1) is 0 Å². The molecule has 0 aliphatic carbocycles. The van der Waals surface area contributed by atoms with Gasteiger partial charge >= 0.3 is 5.97 Å². The van der Waals surface area contributed by atoms with Crippen LogP contribution in [0.1, 0.15) is 39.0 Å². The summed E-state index contributed by atoms with van der Waals surface area (Å²) in [5.74, 6) is 0.897. The van der Waals surface area contributed by atoms with Crippen molar-refractivity contribution >= 4 is 23.6 Å². The van der Waals surface area contributed by atoms with Crippen molar-refractivity contribution in [2.24, 2.45) is 0 Å². The number of nitrogens with zero attached hydrogens (tertiary/aromatic N) is 1. The Bertz CT molecular complexity index is 339. The highest BCUT2D eigenvalue weighted by atomic mass is 32.2. The van der Waals surface area contributed by atoms with E-state index in [0.29, 0.717) is 6.54 Å². The van der Waals surface area contributed by atoms with Crippen molar-refractivity contribution in [1.29, 1.82) is 0 Å². The summed E-state index contributed by atoms with van der Waals surface area (Å²) in [5.41, 5.74) is 0. The van der Waals surface area contributed by atoms with Gasteiger partial charge in [0.15, 0.2) is 0 Å². The average Bonchev–Trinajstić information content (AvgIpc) is 2.85. The molecule has 0 aromatic rings. The van der Waals surface area contributed by atoms with Crippen LogP contribution in [0.5, 0.6) is 0 Å². The van der Waals surface area contributed by atoms with Gasteiger partial charge in [-0.3, -0.25) is 4.79 Å². The van der Waals surface area contributed by atoms with Crippen molar-refractivity contribution in [2.45, 2.75) is 49.8 Å². The van der Waals surface area contributed by atoms with Crippen LogP contribution < -0.4 is 0 Å². The van der Waals surface area contributed by atoms with Crippen LogP contribution in [0.25, 0.3) is 0 Å². The third-order valence-electron chi connectivity index (χ3n) is 3.91. The highest BCUT2D eigenvalue weighted by Gasteiger charge is 2.44. The third-order valence-corrected chi connectivity index (χ3v) is 5.42. The lowest BCUT2D eigenvalue weighted by Crippen LogP contribution is -2.54. The van der Waals surface area contributed by atoms with Crippen LogP contribution >= 0.6 is 11.8 Å². The number of likely N-dealkylation sites (tertiary alicyclic amines) is 1. The van der Waals surface area contributed by atoms with Gasteiger partial charge < -0.3 is 9.64 Å². The summed E-state index contributed by atoms with van der Waals surface area (Å²) in [5, 5.41) is 0. The summed E-state index contributed by atoms with van der Waals surface area (Å²) >= 11 is 1.72. The zero-order chi connectivity index (χ0) is 13.2. The first-order valence-electron chi connectivity index (χ1n) is 6.61. The Labute approximate surface area is 112 Å². The number of carbonyl (C=O) groups is 2. The van der Waals surface area contributed by atoms with Gasteiger partial charge in [-0.2, -0.15) is 0 Å². The average molecular weight is 271 g/mol. The number of esters is 1. The van der Waals surface area contributed by atoms with E-state index in [0.717, 1.165) is 37.9 Å². The molecule has 2 aliphatic rings. The van der Waals surface area contributed by atoms with Crippen molar-refractivity contribution in [2.75, 3.05) is 19.4 Å². The molecule has 4 nitrogen and oxygen atoms in total. The first-order valence-corrected chi connectivity index (χ1v) is 7.60. The molecule has 0 saturated carbocycles. The van der Waals surface area contributed by atoms with Gasteiger partial charge in [0, 0.05) is 6.54 Å². The van der Waals surface area contributed by atoms with E-state index in [4.69, 9.17) is 4.74 Å². The summed E-state index contributed by atoms with van der Waals surface area (Å²) in [6, 6.07) is -0.366. The van der Waals surface area contributed by atoms with Crippen LogP contribution in [-0.2, 0) is 14.3 Å². The van der Waals surface area contributed by atoms with Gasteiger partial charge in [-0.25, -0.2) is 4.79 Å². The van der Waals surface area contributed by atoms with Crippen molar-refractivity contribution in [3.8, 4) is 0 Å². The maximum absolute atomic E-state index is 12.7. The van der Waals surface area contributed by atoms with Gasteiger partial charge in [0.05, 0.1) is 11.9 Å². The molecule has 0 aromatic carbocycles. The van der Waals surface area contributed by atoms with Gasteiger partial charge in [0.25, 0.3) is 0 Å². The van der Waals surface area contributed by atoms with Gasteiger partial charge in [-0.05, 0) is 44.8 Å². The fraction of sp³-hybridized carbons (Fsp3) is 0.846. The standard InChI is InChI=1S/C13H21NO3S/c1-13(7-5-9-18-13)12(16)14-8-4-3-6-10(14)11(15)17-2/h10H,3-9H2,1-2H3/t10-,13?/m1/s1. The van der Waals surface area contributed by atoms with Gasteiger partial charge in [0.1, 0.15) is 6.04 Å². The first kappa shape index (κ1) is 13.7. The molecule has 1 unspecified atom stereocenters.